The van der Waals surface area contributed by atoms with Crippen molar-refractivity contribution in [2.24, 2.45) is 5.10 Å². The summed E-state index contributed by atoms with van der Waals surface area (Å²) in [7, 11) is 5.46. The number of carbonyl (C=O) groups excluding carboxylic acids is 1. The third kappa shape index (κ3) is 4.23. The summed E-state index contributed by atoms with van der Waals surface area (Å²) in [6.45, 7) is 1.01. The zero-order chi connectivity index (χ0) is 22.7. The molecule has 2 fully saturated rings. The molecular weight excluding hydrogens is 408 g/mol. The number of phenolic OH excluding ortho intramolecular Hbond substituents is 1. The molecule has 2 atom stereocenters. The Balaban J connectivity index is 1.48. The van der Waals surface area contributed by atoms with Crippen molar-refractivity contribution in [2.45, 2.75) is 37.1 Å². The Kier molecular flexibility index (Phi) is 6.23. The lowest BCUT2D eigenvalue weighted by molar-refractivity contribution is 0.225. The van der Waals surface area contributed by atoms with Crippen LogP contribution in [0.25, 0.3) is 0 Å². The van der Waals surface area contributed by atoms with Crippen LogP contribution in [0.5, 0.6) is 17.2 Å². The highest BCUT2D eigenvalue weighted by atomic mass is 16.5. The Morgan fingerprint density at radius 3 is 2.72 bits per heavy atom. The van der Waals surface area contributed by atoms with Crippen LogP contribution in [0, 0.1) is 0 Å². The van der Waals surface area contributed by atoms with Crippen LogP contribution in [0.2, 0.25) is 0 Å². The highest BCUT2D eigenvalue weighted by molar-refractivity contribution is 5.92. The molecule has 8 heteroatoms. The minimum Gasteiger partial charge on any atom is -0.508 e. The number of hydrogen-bond acceptors (Lipinski definition) is 6. The number of carbonyl (C=O) groups is 1. The number of fused-ring (bicyclic) bond motifs is 1. The lowest BCUT2D eigenvalue weighted by atomic mass is 9.65. The first-order chi connectivity index (χ1) is 15.4. The number of hydrazone groups is 1. The third-order valence-electron chi connectivity index (χ3n) is 6.75. The number of aromatic hydroxyl groups is 1. The van der Waals surface area contributed by atoms with E-state index in [1.165, 1.54) is 11.6 Å². The zero-order valence-electron chi connectivity index (χ0n) is 18.7. The number of rotatable bonds is 5. The summed E-state index contributed by atoms with van der Waals surface area (Å²) in [6, 6.07) is 12.5. The van der Waals surface area contributed by atoms with Crippen LogP contribution in [0.1, 0.15) is 31.2 Å². The van der Waals surface area contributed by atoms with Crippen molar-refractivity contribution in [3.8, 4) is 17.2 Å². The number of methoxy groups -OCH3 is 2. The lowest BCUT2D eigenvalue weighted by Crippen LogP contribution is -2.46. The standard InChI is InChI=1S/C24H30N4O4/c1-28-12-11-24(16-7-8-20(31-2)21(13-16)32-3)10-9-18(15-22(24)28)26-27-23(30)25-17-5-4-6-19(29)14-17/h4-8,13-14,22,29H,9-12,15H2,1-3H3,(H2,25,27,30). The van der Waals surface area contributed by atoms with E-state index in [9.17, 15) is 9.90 Å². The van der Waals surface area contributed by atoms with Gasteiger partial charge in [0.05, 0.1) is 14.2 Å². The summed E-state index contributed by atoms with van der Waals surface area (Å²) in [5.74, 6) is 1.57. The van der Waals surface area contributed by atoms with Crippen molar-refractivity contribution >= 4 is 17.4 Å². The number of nitrogens with one attached hydrogen (secondary N) is 2. The van der Waals surface area contributed by atoms with Gasteiger partial charge in [-0.05, 0) is 62.7 Å². The van der Waals surface area contributed by atoms with Gasteiger partial charge in [0.2, 0.25) is 0 Å². The Bertz CT molecular complexity index is 1020. The second-order valence-electron chi connectivity index (χ2n) is 8.47. The molecule has 2 amide bonds. The van der Waals surface area contributed by atoms with Crippen molar-refractivity contribution in [1.82, 2.24) is 10.3 Å². The van der Waals surface area contributed by atoms with Gasteiger partial charge in [-0.15, -0.1) is 0 Å². The van der Waals surface area contributed by atoms with Crippen LogP contribution in [-0.2, 0) is 5.41 Å². The van der Waals surface area contributed by atoms with E-state index in [2.05, 4.69) is 39.9 Å². The number of ether oxygens (including phenoxy) is 2. The quantitative estimate of drug-likeness (QED) is 0.619. The SMILES string of the molecule is COc1ccc(C23CCC(=NNC(=O)Nc4cccc(O)c4)CC2N(C)CC3)cc1OC. The maximum absolute atomic E-state index is 12.2. The number of anilines is 1. The van der Waals surface area contributed by atoms with Crippen LogP contribution < -0.4 is 20.2 Å². The molecule has 8 nitrogen and oxygen atoms in total. The fraction of sp³-hybridized carbons (Fsp3) is 0.417. The van der Waals surface area contributed by atoms with Gasteiger partial charge < -0.3 is 24.8 Å². The number of nitrogens with zero attached hydrogens (tertiary/aromatic N) is 2. The summed E-state index contributed by atoms with van der Waals surface area (Å²) in [4.78, 5) is 14.6. The predicted octanol–water partition coefficient (Wildman–Crippen LogP) is 3.71. The Morgan fingerprint density at radius 1 is 1.16 bits per heavy atom. The van der Waals surface area contributed by atoms with Gasteiger partial charge in [-0.25, -0.2) is 10.2 Å². The number of benzene rings is 2. The normalized spacial score (nSPS) is 24.1. The van der Waals surface area contributed by atoms with Gasteiger partial charge in [-0.1, -0.05) is 12.1 Å². The number of likely N-dealkylation sites (N-methyl/N-ethyl adjacent to an activating group) is 1. The molecule has 4 rings (SSSR count). The molecule has 0 bridgehead atoms. The maximum Gasteiger partial charge on any atom is 0.339 e. The monoisotopic (exact) mass is 438 g/mol. The second kappa shape index (κ2) is 9.08. The highest BCUT2D eigenvalue weighted by Crippen LogP contribution is 2.49. The lowest BCUT2D eigenvalue weighted by Gasteiger charge is -2.42. The Hall–Kier alpha value is -3.26. The molecule has 2 aromatic rings. The van der Waals surface area contributed by atoms with Gasteiger partial charge in [0, 0.05) is 35.3 Å². The van der Waals surface area contributed by atoms with E-state index in [1.54, 1.807) is 32.4 Å². The molecule has 1 heterocycles. The van der Waals surface area contributed by atoms with Crippen molar-refractivity contribution in [2.75, 3.05) is 33.1 Å². The second-order valence-corrected chi connectivity index (χ2v) is 8.47. The van der Waals surface area contributed by atoms with E-state index in [4.69, 9.17) is 9.47 Å². The third-order valence-corrected chi connectivity index (χ3v) is 6.75. The van der Waals surface area contributed by atoms with Crippen LogP contribution in [0.3, 0.4) is 0 Å². The minimum atomic E-state index is -0.431. The first kappa shape index (κ1) is 22.0. The highest BCUT2D eigenvalue weighted by Gasteiger charge is 2.49. The van der Waals surface area contributed by atoms with Crippen LogP contribution in [-0.4, -0.2) is 55.6 Å². The fourth-order valence-electron chi connectivity index (χ4n) is 5.06. The molecular formula is C24H30N4O4. The smallest absolute Gasteiger partial charge is 0.339 e. The Morgan fingerprint density at radius 2 is 1.97 bits per heavy atom. The summed E-state index contributed by atoms with van der Waals surface area (Å²) >= 11 is 0. The van der Waals surface area contributed by atoms with Crippen LogP contribution in [0.4, 0.5) is 10.5 Å². The predicted molar refractivity (Wildman–Crippen MR) is 124 cm³/mol. The number of urea groups is 1. The number of hydrogen-bond donors (Lipinski definition) is 3. The maximum atomic E-state index is 12.2. The average Bonchev–Trinajstić information content (AvgIpc) is 3.14. The molecule has 0 spiro atoms. The minimum absolute atomic E-state index is 0.0249. The first-order valence-corrected chi connectivity index (χ1v) is 10.8. The van der Waals surface area contributed by atoms with Gasteiger partial charge in [0.1, 0.15) is 5.75 Å². The molecule has 32 heavy (non-hydrogen) atoms. The number of phenols is 1. The fourth-order valence-corrected chi connectivity index (χ4v) is 5.06. The van der Waals surface area contributed by atoms with Crippen molar-refractivity contribution in [1.29, 1.82) is 0 Å². The number of amides is 2. The summed E-state index contributed by atoms with van der Waals surface area (Å²) in [5, 5.41) is 16.6. The molecule has 3 N–H and O–H groups in total. The van der Waals surface area contributed by atoms with Crippen LogP contribution >= 0.6 is 0 Å². The number of likely N-dealkylation sites (tertiary alicyclic amines) is 1. The van der Waals surface area contributed by atoms with E-state index in [-0.39, 0.29) is 11.2 Å². The molecule has 2 unspecified atom stereocenters. The van der Waals surface area contributed by atoms with Gasteiger partial charge in [-0.3, -0.25) is 0 Å². The molecule has 1 aliphatic heterocycles. The van der Waals surface area contributed by atoms with E-state index in [1.807, 2.05) is 6.07 Å². The topological polar surface area (TPSA) is 95.4 Å². The zero-order valence-corrected chi connectivity index (χ0v) is 18.7. The van der Waals surface area contributed by atoms with E-state index >= 15 is 0 Å². The van der Waals surface area contributed by atoms with Gasteiger partial charge >= 0.3 is 6.03 Å². The molecule has 1 aliphatic carbocycles. The molecule has 1 saturated heterocycles. The molecule has 0 radical (unpaired) electrons. The van der Waals surface area contributed by atoms with E-state index < -0.39 is 6.03 Å². The first-order valence-electron chi connectivity index (χ1n) is 10.8. The van der Waals surface area contributed by atoms with E-state index in [0.29, 0.717) is 11.7 Å². The molecule has 1 saturated carbocycles. The van der Waals surface area contributed by atoms with Gasteiger partial charge in [0.15, 0.2) is 11.5 Å². The average molecular weight is 439 g/mol. The molecule has 170 valence electrons. The van der Waals surface area contributed by atoms with Gasteiger partial charge in [-0.2, -0.15) is 5.10 Å². The summed E-state index contributed by atoms with van der Waals surface area (Å²) in [5.41, 5.74) is 5.38. The van der Waals surface area contributed by atoms with Gasteiger partial charge in [0.25, 0.3) is 0 Å². The van der Waals surface area contributed by atoms with Crippen molar-refractivity contribution < 1.29 is 19.4 Å². The van der Waals surface area contributed by atoms with Crippen molar-refractivity contribution in [3.05, 3.63) is 48.0 Å². The summed E-state index contributed by atoms with van der Waals surface area (Å²) < 4.78 is 11.0. The van der Waals surface area contributed by atoms with Crippen molar-refractivity contribution in [3.63, 3.8) is 0 Å². The summed E-state index contributed by atoms with van der Waals surface area (Å²) in [6.07, 6.45) is 3.62. The van der Waals surface area contributed by atoms with Crippen LogP contribution in [0.15, 0.2) is 47.6 Å². The molecule has 0 aromatic heterocycles. The molecule has 2 aliphatic rings. The Labute approximate surface area is 188 Å². The van der Waals surface area contributed by atoms with E-state index in [0.717, 1.165) is 49.4 Å². The molecule has 2 aromatic carbocycles. The largest absolute Gasteiger partial charge is 0.508 e.